The Balaban J connectivity index is 2.70. The van der Waals surface area contributed by atoms with Crippen LogP contribution in [0.1, 0.15) is 65.9 Å². The Labute approximate surface area is 179 Å². The number of hydroxylamine groups is 2. The van der Waals surface area contributed by atoms with Crippen molar-refractivity contribution in [2.45, 2.75) is 72.8 Å². The van der Waals surface area contributed by atoms with E-state index in [0.717, 1.165) is 12.0 Å². The van der Waals surface area contributed by atoms with E-state index in [2.05, 4.69) is 11.0 Å². The number of hydrogen-bond acceptors (Lipinski definition) is 5. The maximum Gasteiger partial charge on any atom is 0.332 e. The molecule has 2 N–H and O–H groups in total. The molecule has 7 nitrogen and oxygen atoms in total. The van der Waals surface area contributed by atoms with Crippen molar-refractivity contribution < 1.29 is 24.1 Å². The van der Waals surface area contributed by atoms with E-state index in [9.17, 15) is 14.4 Å². The zero-order valence-electron chi connectivity index (χ0n) is 18.8. The number of carbonyl (C=O) groups is 3. The molecule has 30 heavy (non-hydrogen) atoms. The molecule has 0 aliphatic carbocycles. The summed E-state index contributed by atoms with van der Waals surface area (Å²) in [5.41, 5.74) is 5.74. The van der Waals surface area contributed by atoms with E-state index in [1.165, 1.54) is 0 Å². The van der Waals surface area contributed by atoms with Crippen LogP contribution in [0.3, 0.4) is 0 Å². The van der Waals surface area contributed by atoms with Gasteiger partial charge in [0, 0.05) is 0 Å². The predicted molar refractivity (Wildman–Crippen MR) is 115 cm³/mol. The van der Waals surface area contributed by atoms with E-state index < -0.39 is 23.7 Å². The number of carbonyl (C=O) groups excluding carboxylic acids is 3. The highest BCUT2D eigenvalue weighted by molar-refractivity contribution is 5.87. The molecule has 2 atom stereocenters. The van der Waals surface area contributed by atoms with Gasteiger partial charge in [-0.05, 0) is 44.6 Å². The molecule has 0 saturated carbocycles. The summed E-state index contributed by atoms with van der Waals surface area (Å²) in [6, 6.07) is 9.57. The third-order valence-corrected chi connectivity index (χ3v) is 4.61. The van der Waals surface area contributed by atoms with Crippen LogP contribution in [0.2, 0.25) is 0 Å². The lowest BCUT2D eigenvalue weighted by atomic mass is 9.82. The third kappa shape index (κ3) is 9.87. The van der Waals surface area contributed by atoms with Gasteiger partial charge in [0.25, 0.3) is 5.91 Å². The van der Waals surface area contributed by atoms with Crippen molar-refractivity contribution in [3.8, 4) is 0 Å². The molecule has 0 aromatic heterocycles. The average molecular weight is 421 g/mol. The van der Waals surface area contributed by atoms with Crippen molar-refractivity contribution in [2.75, 3.05) is 0 Å². The van der Waals surface area contributed by atoms with Crippen molar-refractivity contribution in [1.29, 1.82) is 0 Å². The summed E-state index contributed by atoms with van der Waals surface area (Å²) in [6.07, 6.45) is 2.27. The molecule has 1 aromatic rings. The molecule has 0 fully saturated rings. The minimum atomic E-state index is -0.623. The van der Waals surface area contributed by atoms with E-state index in [0.29, 0.717) is 19.3 Å². The van der Waals surface area contributed by atoms with Gasteiger partial charge in [0.05, 0.1) is 24.4 Å². The molecule has 7 heteroatoms. The van der Waals surface area contributed by atoms with Crippen LogP contribution < -0.4 is 11.0 Å². The molecule has 1 rings (SSSR count). The first-order chi connectivity index (χ1) is 14.2. The molecule has 0 heterocycles. The Morgan fingerprint density at radius 2 is 1.57 bits per heavy atom. The lowest BCUT2D eigenvalue weighted by molar-refractivity contribution is -0.162. The van der Waals surface area contributed by atoms with E-state index >= 15 is 0 Å². The molecule has 0 saturated heterocycles. The van der Waals surface area contributed by atoms with Crippen molar-refractivity contribution in [3.63, 3.8) is 0 Å². The van der Waals surface area contributed by atoms with Crippen molar-refractivity contribution in [3.05, 3.63) is 35.9 Å². The lowest BCUT2D eigenvalue weighted by Crippen LogP contribution is -2.43. The second kappa shape index (κ2) is 13.7. The summed E-state index contributed by atoms with van der Waals surface area (Å²) in [5, 5.41) is 0. The monoisotopic (exact) mass is 420 g/mol. The van der Waals surface area contributed by atoms with E-state index in [1.54, 1.807) is 0 Å². The van der Waals surface area contributed by atoms with Crippen LogP contribution in [0.5, 0.6) is 0 Å². The molecule has 0 bridgehead atoms. The summed E-state index contributed by atoms with van der Waals surface area (Å²) in [4.78, 5) is 47.7. The summed E-state index contributed by atoms with van der Waals surface area (Å²) in [6.45, 7) is 9.54. The number of amides is 2. The first-order valence-corrected chi connectivity index (χ1v) is 10.7. The smallest absolute Gasteiger partial charge is 0.332 e. The highest BCUT2D eigenvalue weighted by Crippen LogP contribution is 2.25. The van der Waals surface area contributed by atoms with E-state index in [1.807, 2.05) is 65.0 Å². The molecule has 0 unspecified atom stereocenters. The maximum absolute atomic E-state index is 12.8. The topological polar surface area (TPSA) is 93.7 Å². The molecule has 0 aliphatic rings. The zero-order chi connectivity index (χ0) is 22.5. The van der Waals surface area contributed by atoms with Crippen LogP contribution in [0.15, 0.2) is 30.3 Å². The minimum absolute atomic E-state index is 0.153. The fraction of sp³-hybridized carbons (Fsp3) is 0.609. The molecular weight excluding hydrogens is 384 g/mol. The van der Waals surface area contributed by atoms with Gasteiger partial charge in [0.15, 0.2) is 0 Å². The van der Waals surface area contributed by atoms with Gasteiger partial charge in [-0.25, -0.2) is 10.3 Å². The molecule has 0 aliphatic heterocycles. The summed E-state index contributed by atoms with van der Waals surface area (Å²) < 4.78 is 0. The molecule has 2 amide bonds. The normalized spacial score (nSPS) is 13.0. The van der Waals surface area contributed by atoms with Crippen molar-refractivity contribution in [2.24, 2.45) is 17.8 Å². The van der Waals surface area contributed by atoms with Gasteiger partial charge in [-0.1, -0.05) is 57.5 Å². The van der Waals surface area contributed by atoms with Gasteiger partial charge in [-0.15, -0.1) is 0 Å². The number of aryl methyl sites for hydroxylation is 1. The molecule has 0 spiro atoms. The number of benzene rings is 1. The summed E-state index contributed by atoms with van der Waals surface area (Å²) >= 11 is 0. The van der Waals surface area contributed by atoms with E-state index in [4.69, 9.17) is 9.68 Å². The highest BCUT2D eigenvalue weighted by atomic mass is 16.7. The maximum atomic E-state index is 12.8. The Morgan fingerprint density at radius 1 is 0.933 bits per heavy atom. The van der Waals surface area contributed by atoms with Crippen molar-refractivity contribution >= 4 is 17.8 Å². The van der Waals surface area contributed by atoms with Crippen LogP contribution in [0.25, 0.3) is 0 Å². The van der Waals surface area contributed by atoms with Crippen molar-refractivity contribution in [1.82, 2.24) is 11.0 Å². The van der Waals surface area contributed by atoms with Crippen LogP contribution in [0, 0.1) is 17.8 Å². The molecule has 1 aromatic carbocycles. The van der Waals surface area contributed by atoms with Crippen LogP contribution in [-0.2, 0) is 30.5 Å². The first-order valence-electron chi connectivity index (χ1n) is 10.7. The molecule has 168 valence electrons. The minimum Gasteiger partial charge on any atom is -0.341 e. The molecule has 0 radical (unpaired) electrons. The molecular formula is C23H36N2O5. The van der Waals surface area contributed by atoms with Gasteiger partial charge in [0.1, 0.15) is 0 Å². The van der Waals surface area contributed by atoms with Crippen LogP contribution in [0.4, 0.5) is 0 Å². The van der Waals surface area contributed by atoms with Gasteiger partial charge < -0.3 is 4.84 Å². The standard InChI is InChI=1S/C23H36N2O5/c1-6-10-19(22(27)24-29-17(4)5)20(15-16(2)3)23(28)25-30-21(26)14-13-18-11-8-7-9-12-18/h7-9,11-12,16-17,19-20H,6,10,13-15H2,1-5H3,(H,24,27)(H,25,28)/t19-,20+/m0/s1. The predicted octanol–water partition coefficient (Wildman–Crippen LogP) is 3.73. The number of nitrogens with one attached hydrogen (secondary N) is 2. The lowest BCUT2D eigenvalue weighted by Gasteiger charge is -2.26. The van der Waals surface area contributed by atoms with Gasteiger partial charge in [-0.3, -0.25) is 14.4 Å². The Morgan fingerprint density at radius 3 is 2.13 bits per heavy atom. The second-order valence-corrected chi connectivity index (χ2v) is 8.19. The fourth-order valence-electron chi connectivity index (χ4n) is 3.16. The first kappa shape index (κ1) is 25.6. The highest BCUT2D eigenvalue weighted by Gasteiger charge is 2.34. The van der Waals surface area contributed by atoms with Gasteiger partial charge in [0.2, 0.25) is 5.91 Å². The van der Waals surface area contributed by atoms with E-state index in [-0.39, 0.29) is 24.3 Å². The second-order valence-electron chi connectivity index (χ2n) is 8.19. The average Bonchev–Trinajstić information content (AvgIpc) is 2.71. The fourth-order valence-corrected chi connectivity index (χ4v) is 3.16. The third-order valence-electron chi connectivity index (χ3n) is 4.61. The number of rotatable bonds is 12. The van der Waals surface area contributed by atoms with Crippen LogP contribution in [-0.4, -0.2) is 23.9 Å². The summed E-state index contributed by atoms with van der Waals surface area (Å²) in [5.74, 6) is -2.32. The van der Waals surface area contributed by atoms with Gasteiger partial charge in [-0.2, -0.15) is 5.48 Å². The largest absolute Gasteiger partial charge is 0.341 e. The Hall–Kier alpha value is -2.41. The Kier molecular flexibility index (Phi) is 11.7. The summed E-state index contributed by atoms with van der Waals surface area (Å²) in [7, 11) is 0. The number of hydrogen-bond donors (Lipinski definition) is 2. The van der Waals surface area contributed by atoms with Gasteiger partial charge >= 0.3 is 5.97 Å². The quantitative estimate of drug-likeness (QED) is 0.503. The SMILES string of the molecule is CCC[C@H](C(=O)NOC(C)C)[C@@H](CC(C)C)C(=O)NOC(=O)CCc1ccccc1. The Bertz CT molecular complexity index is 661. The zero-order valence-corrected chi connectivity index (χ0v) is 18.8. The van der Waals surface area contributed by atoms with Crippen LogP contribution >= 0.6 is 0 Å².